The summed E-state index contributed by atoms with van der Waals surface area (Å²) < 4.78 is 9.88. The number of esters is 2. The van der Waals surface area contributed by atoms with Crippen molar-refractivity contribution in [2.75, 3.05) is 14.2 Å². The molecule has 1 saturated carbocycles. The zero-order valence-corrected chi connectivity index (χ0v) is 12.3. The van der Waals surface area contributed by atoms with Gasteiger partial charge >= 0.3 is 11.9 Å². The third kappa shape index (κ3) is 1.48. The van der Waals surface area contributed by atoms with E-state index in [2.05, 4.69) is 26.0 Å². The molecule has 6 atom stereocenters. The highest BCUT2D eigenvalue weighted by atomic mass is 16.5. The van der Waals surface area contributed by atoms with Gasteiger partial charge in [0.25, 0.3) is 0 Å². The van der Waals surface area contributed by atoms with E-state index in [0.29, 0.717) is 11.8 Å². The van der Waals surface area contributed by atoms with Gasteiger partial charge in [0.1, 0.15) is 0 Å². The Balaban J connectivity index is 2.04. The summed E-state index contributed by atoms with van der Waals surface area (Å²) in [5.41, 5.74) is 2.73. The average molecular weight is 276 g/mol. The molecule has 0 aromatic rings. The molecular formula is C16H20O4. The van der Waals surface area contributed by atoms with E-state index in [0.717, 1.165) is 0 Å². The van der Waals surface area contributed by atoms with Crippen molar-refractivity contribution < 1.29 is 19.1 Å². The summed E-state index contributed by atoms with van der Waals surface area (Å²) in [4.78, 5) is 24.3. The molecule has 4 heteroatoms. The fraction of sp³-hybridized carbons (Fsp3) is 0.625. The van der Waals surface area contributed by atoms with Crippen LogP contribution in [0.4, 0.5) is 0 Å². The Kier molecular flexibility index (Phi) is 3.00. The maximum atomic E-state index is 12.2. The highest BCUT2D eigenvalue weighted by molar-refractivity contribution is 5.84. The number of carbonyl (C=O) groups is 2. The first-order chi connectivity index (χ1) is 9.52. The highest BCUT2D eigenvalue weighted by Gasteiger charge is 2.61. The molecule has 20 heavy (non-hydrogen) atoms. The van der Waals surface area contributed by atoms with Crippen molar-refractivity contribution in [2.24, 2.45) is 35.5 Å². The minimum Gasteiger partial charge on any atom is -0.469 e. The van der Waals surface area contributed by atoms with Crippen LogP contribution in [0.25, 0.3) is 0 Å². The summed E-state index contributed by atoms with van der Waals surface area (Å²) in [7, 11) is 2.77. The molecule has 0 aromatic carbocycles. The van der Waals surface area contributed by atoms with E-state index in [-0.39, 0.29) is 23.8 Å². The Labute approximate surface area is 118 Å². The number of carbonyl (C=O) groups excluding carboxylic acids is 2. The number of methoxy groups -OCH3 is 2. The molecule has 4 nitrogen and oxygen atoms in total. The van der Waals surface area contributed by atoms with Crippen LogP contribution in [0.3, 0.4) is 0 Å². The van der Waals surface area contributed by atoms with Crippen molar-refractivity contribution in [2.45, 2.75) is 13.8 Å². The largest absolute Gasteiger partial charge is 0.469 e. The molecule has 0 spiro atoms. The van der Waals surface area contributed by atoms with Crippen LogP contribution in [-0.2, 0) is 19.1 Å². The minimum absolute atomic E-state index is 0.0604. The molecule has 0 heterocycles. The van der Waals surface area contributed by atoms with Gasteiger partial charge in [-0.2, -0.15) is 0 Å². The Morgan fingerprint density at radius 2 is 1.20 bits per heavy atom. The maximum Gasteiger partial charge on any atom is 0.310 e. The monoisotopic (exact) mass is 276 g/mol. The topological polar surface area (TPSA) is 52.6 Å². The predicted octanol–water partition coefficient (Wildman–Crippen LogP) is 1.96. The molecule has 0 aliphatic heterocycles. The summed E-state index contributed by atoms with van der Waals surface area (Å²) in [5, 5.41) is 0. The van der Waals surface area contributed by atoms with Crippen molar-refractivity contribution >= 4 is 11.9 Å². The first-order valence-corrected chi connectivity index (χ1v) is 7.04. The van der Waals surface area contributed by atoms with Crippen LogP contribution in [0, 0.1) is 35.5 Å². The molecule has 1 fully saturated rings. The fourth-order valence-electron chi connectivity index (χ4n) is 4.57. The third-order valence-corrected chi connectivity index (χ3v) is 5.56. The SMILES string of the molecule is COC(=O)C1C2C=CC(C1C(=O)OC)C1C(C)=C(C)C21. The summed E-state index contributed by atoms with van der Waals surface area (Å²) in [6, 6.07) is 0. The van der Waals surface area contributed by atoms with Crippen LogP contribution in [0.1, 0.15) is 13.8 Å². The second-order valence-electron chi connectivity index (χ2n) is 6.06. The van der Waals surface area contributed by atoms with E-state index in [1.807, 2.05) is 0 Å². The van der Waals surface area contributed by atoms with Crippen molar-refractivity contribution in [3.8, 4) is 0 Å². The van der Waals surface area contributed by atoms with Crippen LogP contribution >= 0.6 is 0 Å². The minimum atomic E-state index is -0.410. The van der Waals surface area contributed by atoms with Crippen molar-refractivity contribution in [1.82, 2.24) is 0 Å². The van der Waals surface area contributed by atoms with Gasteiger partial charge in [0.15, 0.2) is 0 Å². The molecular weight excluding hydrogens is 256 g/mol. The number of hydrogen-bond acceptors (Lipinski definition) is 4. The molecule has 0 amide bonds. The molecule has 0 aromatic heterocycles. The number of hydrogen-bond donors (Lipinski definition) is 0. The van der Waals surface area contributed by atoms with Crippen LogP contribution in [-0.4, -0.2) is 26.2 Å². The zero-order valence-electron chi connectivity index (χ0n) is 12.3. The molecule has 4 aliphatic rings. The van der Waals surface area contributed by atoms with Crippen molar-refractivity contribution in [1.29, 1.82) is 0 Å². The molecule has 4 rings (SSSR count). The van der Waals surface area contributed by atoms with Crippen molar-refractivity contribution in [3.63, 3.8) is 0 Å². The van der Waals surface area contributed by atoms with Crippen molar-refractivity contribution in [3.05, 3.63) is 23.3 Å². The van der Waals surface area contributed by atoms with E-state index < -0.39 is 11.8 Å². The fourth-order valence-corrected chi connectivity index (χ4v) is 4.57. The lowest BCUT2D eigenvalue weighted by Crippen LogP contribution is -2.57. The number of allylic oxidation sites excluding steroid dienone is 4. The van der Waals surface area contributed by atoms with Gasteiger partial charge in [-0.1, -0.05) is 23.3 Å². The molecule has 108 valence electrons. The van der Waals surface area contributed by atoms with E-state index >= 15 is 0 Å². The predicted molar refractivity (Wildman–Crippen MR) is 72.5 cm³/mol. The standard InChI is InChI=1S/C16H20O4/c1-7-8(2)12-10-6-5-9(11(7)12)13(15(17)19-3)14(10)16(18)20-4/h5-6,9-14H,1-4H3. The van der Waals surface area contributed by atoms with Gasteiger partial charge in [-0.25, -0.2) is 0 Å². The average Bonchev–Trinajstić information content (AvgIpc) is 2.50. The van der Waals surface area contributed by atoms with E-state index in [1.54, 1.807) is 0 Å². The number of rotatable bonds is 2. The molecule has 0 N–H and O–H groups in total. The summed E-state index contributed by atoms with van der Waals surface area (Å²) in [5.74, 6) is -0.523. The summed E-state index contributed by atoms with van der Waals surface area (Å²) in [6.45, 7) is 4.26. The Hall–Kier alpha value is -1.58. The Morgan fingerprint density at radius 1 is 0.850 bits per heavy atom. The highest BCUT2D eigenvalue weighted by Crippen LogP contribution is 2.61. The van der Waals surface area contributed by atoms with E-state index in [1.165, 1.54) is 25.4 Å². The molecule has 0 saturated heterocycles. The van der Waals surface area contributed by atoms with Crippen LogP contribution < -0.4 is 0 Å². The Morgan fingerprint density at radius 3 is 1.50 bits per heavy atom. The number of fused-ring (bicyclic) bond motifs is 1. The van der Waals surface area contributed by atoms with Gasteiger partial charge in [-0.3, -0.25) is 9.59 Å². The molecule has 4 aliphatic carbocycles. The van der Waals surface area contributed by atoms with Gasteiger partial charge in [0, 0.05) is 0 Å². The second-order valence-corrected chi connectivity index (χ2v) is 6.06. The third-order valence-electron chi connectivity index (χ3n) is 5.56. The summed E-state index contributed by atoms with van der Waals surface area (Å²) in [6.07, 6.45) is 4.20. The lowest BCUT2D eigenvalue weighted by Gasteiger charge is -2.57. The molecule has 6 unspecified atom stereocenters. The van der Waals surface area contributed by atoms with Crippen LogP contribution in [0.2, 0.25) is 0 Å². The molecule has 0 radical (unpaired) electrons. The first-order valence-electron chi connectivity index (χ1n) is 7.04. The van der Waals surface area contributed by atoms with Gasteiger partial charge in [0.2, 0.25) is 0 Å². The normalized spacial score (nSPS) is 41.0. The molecule has 2 bridgehead atoms. The lowest BCUT2D eigenvalue weighted by molar-refractivity contribution is -0.168. The first kappa shape index (κ1) is 13.4. The quantitative estimate of drug-likeness (QED) is 0.571. The van der Waals surface area contributed by atoms with E-state index in [4.69, 9.17) is 9.47 Å². The van der Waals surface area contributed by atoms with Crippen LogP contribution in [0.15, 0.2) is 23.3 Å². The lowest BCUT2D eigenvalue weighted by atomic mass is 9.45. The zero-order chi connectivity index (χ0) is 14.6. The number of ether oxygens (including phenoxy) is 2. The van der Waals surface area contributed by atoms with Gasteiger partial charge < -0.3 is 9.47 Å². The summed E-state index contributed by atoms with van der Waals surface area (Å²) >= 11 is 0. The van der Waals surface area contributed by atoms with Crippen LogP contribution in [0.5, 0.6) is 0 Å². The Bertz CT molecular complexity index is 485. The van der Waals surface area contributed by atoms with Gasteiger partial charge in [-0.05, 0) is 37.5 Å². The van der Waals surface area contributed by atoms with Gasteiger partial charge in [0.05, 0.1) is 26.1 Å². The smallest absolute Gasteiger partial charge is 0.310 e. The van der Waals surface area contributed by atoms with E-state index in [9.17, 15) is 9.59 Å². The maximum absolute atomic E-state index is 12.2. The second kappa shape index (κ2) is 4.47. The van der Waals surface area contributed by atoms with Gasteiger partial charge in [-0.15, -0.1) is 0 Å².